The van der Waals surface area contributed by atoms with Gasteiger partial charge in [-0.25, -0.2) is 8.42 Å². The summed E-state index contributed by atoms with van der Waals surface area (Å²) in [5.41, 5.74) is 1.04. The topological polar surface area (TPSA) is 34.1 Å². The second kappa shape index (κ2) is 4.19. The van der Waals surface area contributed by atoms with Crippen LogP contribution in [0.2, 0.25) is 0 Å². The van der Waals surface area contributed by atoms with Gasteiger partial charge < -0.3 is 0 Å². The number of hydrogen-bond donors (Lipinski definition) is 0. The molecule has 1 aromatic rings. The summed E-state index contributed by atoms with van der Waals surface area (Å²) in [4.78, 5) is 0.308. The molecule has 0 amide bonds. The molecule has 0 aromatic heterocycles. The van der Waals surface area contributed by atoms with E-state index in [1.165, 1.54) is 0 Å². The van der Waals surface area contributed by atoms with Crippen LogP contribution in [0.15, 0.2) is 40.0 Å². The molecule has 0 radical (unpaired) electrons. The average Bonchev–Trinajstić information content (AvgIpc) is 2.17. The van der Waals surface area contributed by atoms with Gasteiger partial charge in [0.15, 0.2) is 0 Å². The van der Waals surface area contributed by atoms with Gasteiger partial charge in [0.05, 0.1) is 9.13 Å². The molecule has 0 unspecified atom stereocenters. The lowest BCUT2D eigenvalue weighted by atomic mass is 10.2. The van der Waals surface area contributed by atoms with Gasteiger partial charge in [-0.05, 0) is 25.3 Å². The first-order chi connectivity index (χ1) is 6.48. The minimum Gasteiger partial charge on any atom is -0.218 e. The van der Waals surface area contributed by atoms with E-state index in [1.807, 2.05) is 6.92 Å². The van der Waals surface area contributed by atoms with Crippen LogP contribution in [0.3, 0.4) is 0 Å². The fourth-order valence-corrected chi connectivity index (χ4v) is 2.88. The molecule has 0 bridgehead atoms. The van der Waals surface area contributed by atoms with E-state index in [-0.39, 0.29) is 4.24 Å². The van der Waals surface area contributed by atoms with Crippen molar-refractivity contribution in [2.24, 2.45) is 0 Å². The third kappa shape index (κ3) is 2.19. The van der Waals surface area contributed by atoms with Crippen LogP contribution in [0.25, 0.3) is 0 Å². The van der Waals surface area contributed by atoms with Gasteiger partial charge in [-0.15, -0.1) is 11.8 Å². The van der Waals surface area contributed by atoms with Gasteiger partial charge in [0, 0.05) is 0 Å². The molecule has 2 nitrogen and oxygen atoms in total. The summed E-state index contributed by atoms with van der Waals surface area (Å²) in [6, 6.07) is 6.76. The van der Waals surface area contributed by atoms with E-state index >= 15 is 0 Å². The minimum absolute atomic E-state index is 0.182. The lowest BCUT2D eigenvalue weighted by molar-refractivity contribution is 0.604. The van der Waals surface area contributed by atoms with Crippen molar-refractivity contribution in [3.05, 3.63) is 40.6 Å². The predicted molar refractivity (Wildman–Crippen MR) is 61.0 cm³/mol. The Bertz CT molecular complexity index is 430. The highest BCUT2D eigenvalue weighted by molar-refractivity contribution is 8.18. The summed E-state index contributed by atoms with van der Waals surface area (Å²) in [6.45, 7) is 5.44. The molecule has 0 aliphatic heterocycles. The smallest absolute Gasteiger partial charge is 0.211 e. The van der Waals surface area contributed by atoms with Crippen LogP contribution in [0.5, 0.6) is 0 Å². The van der Waals surface area contributed by atoms with Crippen molar-refractivity contribution in [1.29, 1.82) is 0 Å². The molecule has 4 heteroatoms. The average molecular weight is 228 g/mol. The number of thioether (sulfide) groups is 1. The second-order valence-corrected chi connectivity index (χ2v) is 6.02. The van der Waals surface area contributed by atoms with Gasteiger partial charge >= 0.3 is 0 Å². The first-order valence-electron chi connectivity index (χ1n) is 4.03. The molecule has 76 valence electrons. The quantitative estimate of drug-likeness (QED) is 0.797. The highest BCUT2D eigenvalue weighted by atomic mass is 32.3. The third-order valence-electron chi connectivity index (χ3n) is 1.86. The summed E-state index contributed by atoms with van der Waals surface area (Å²) in [5.74, 6) is 0. The maximum atomic E-state index is 11.8. The SMILES string of the molecule is C=C(SC)S(=O)(=O)c1ccc(C)cc1. The highest BCUT2D eigenvalue weighted by Crippen LogP contribution is 2.24. The lowest BCUT2D eigenvalue weighted by Crippen LogP contribution is -2.00. The Balaban J connectivity index is 3.18. The van der Waals surface area contributed by atoms with Crippen molar-refractivity contribution in [3.63, 3.8) is 0 Å². The van der Waals surface area contributed by atoms with E-state index in [9.17, 15) is 8.42 Å². The van der Waals surface area contributed by atoms with Gasteiger partial charge in [-0.3, -0.25) is 0 Å². The number of rotatable bonds is 3. The molecule has 0 saturated carbocycles. The van der Waals surface area contributed by atoms with Gasteiger partial charge in [0.1, 0.15) is 0 Å². The van der Waals surface area contributed by atoms with Crippen LogP contribution in [0.1, 0.15) is 5.56 Å². The Morgan fingerprint density at radius 1 is 1.29 bits per heavy atom. The zero-order valence-corrected chi connectivity index (χ0v) is 9.78. The van der Waals surface area contributed by atoms with Crippen molar-refractivity contribution in [3.8, 4) is 0 Å². The normalized spacial score (nSPS) is 11.3. The molecule has 0 heterocycles. The molecule has 0 saturated heterocycles. The van der Waals surface area contributed by atoms with E-state index in [0.29, 0.717) is 4.90 Å². The Morgan fingerprint density at radius 3 is 2.21 bits per heavy atom. The lowest BCUT2D eigenvalue weighted by Gasteiger charge is -2.04. The number of benzene rings is 1. The van der Waals surface area contributed by atoms with Crippen molar-refractivity contribution >= 4 is 21.6 Å². The first-order valence-corrected chi connectivity index (χ1v) is 6.74. The number of sulfone groups is 1. The molecular weight excluding hydrogens is 216 g/mol. The molecule has 1 rings (SSSR count). The van der Waals surface area contributed by atoms with Gasteiger partial charge in [0.2, 0.25) is 9.84 Å². The summed E-state index contributed by atoms with van der Waals surface area (Å²) >= 11 is 1.15. The van der Waals surface area contributed by atoms with E-state index < -0.39 is 9.84 Å². The number of hydrogen-bond acceptors (Lipinski definition) is 3. The largest absolute Gasteiger partial charge is 0.218 e. The van der Waals surface area contributed by atoms with Crippen LogP contribution in [-0.2, 0) is 9.84 Å². The maximum absolute atomic E-state index is 11.8. The molecule has 1 aromatic carbocycles. The van der Waals surface area contributed by atoms with Gasteiger partial charge in [-0.2, -0.15) is 0 Å². The summed E-state index contributed by atoms with van der Waals surface area (Å²) in [7, 11) is -3.34. The number of aryl methyl sites for hydroxylation is 1. The molecule has 0 spiro atoms. The van der Waals surface area contributed by atoms with E-state index in [4.69, 9.17) is 0 Å². The van der Waals surface area contributed by atoms with E-state index in [2.05, 4.69) is 6.58 Å². The Morgan fingerprint density at radius 2 is 1.79 bits per heavy atom. The minimum atomic E-state index is -3.34. The molecule has 0 aliphatic rings. The summed E-state index contributed by atoms with van der Waals surface area (Å²) in [5, 5.41) is 0. The Hall–Kier alpha value is -0.740. The van der Waals surface area contributed by atoms with Crippen molar-refractivity contribution < 1.29 is 8.42 Å². The van der Waals surface area contributed by atoms with Crippen molar-refractivity contribution in [1.82, 2.24) is 0 Å². The molecule has 0 aliphatic carbocycles. The molecular formula is C10H12O2S2. The highest BCUT2D eigenvalue weighted by Gasteiger charge is 2.17. The van der Waals surface area contributed by atoms with E-state index in [0.717, 1.165) is 17.3 Å². The predicted octanol–water partition coefficient (Wildman–Crippen LogP) is 2.60. The Labute approximate surface area is 89.0 Å². The fourth-order valence-electron chi connectivity index (χ4n) is 0.959. The van der Waals surface area contributed by atoms with Gasteiger partial charge in [-0.1, -0.05) is 24.3 Å². The standard InChI is InChI=1S/C10H12O2S2/c1-8-4-6-10(7-5-8)14(11,12)9(2)13-3/h4-7H,2H2,1,3H3. The summed E-state index contributed by atoms with van der Waals surface area (Å²) < 4.78 is 23.7. The van der Waals surface area contributed by atoms with Crippen LogP contribution in [0.4, 0.5) is 0 Å². The Kier molecular flexibility index (Phi) is 3.39. The second-order valence-electron chi connectivity index (χ2n) is 2.89. The molecule has 0 N–H and O–H groups in total. The van der Waals surface area contributed by atoms with Crippen LogP contribution >= 0.6 is 11.8 Å². The zero-order chi connectivity index (χ0) is 10.8. The molecule has 14 heavy (non-hydrogen) atoms. The monoisotopic (exact) mass is 228 g/mol. The van der Waals surface area contributed by atoms with Crippen LogP contribution in [0, 0.1) is 6.92 Å². The van der Waals surface area contributed by atoms with Crippen molar-refractivity contribution in [2.45, 2.75) is 11.8 Å². The molecule has 0 atom stereocenters. The van der Waals surface area contributed by atoms with Crippen LogP contribution < -0.4 is 0 Å². The fraction of sp³-hybridized carbons (Fsp3) is 0.200. The molecule has 0 fully saturated rings. The first kappa shape index (κ1) is 11.3. The third-order valence-corrected chi connectivity index (χ3v) is 4.96. The summed E-state index contributed by atoms with van der Waals surface area (Å²) in [6.07, 6.45) is 1.70. The van der Waals surface area contributed by atoms with E-state index in [1.54, 1.807) is 30.5 Å². The zero-order valence-electron chi connectivity index (χ0n) is 8.15. The van der Waals surface area contributed by atoms with Crippen LogP contribution in [-0.4, -0.2) is 14.7 Å². The van der Waals surface area contributed by atoms with Gasteiger partial charge in [0.25, 0.3) is 0 Å². The maximum Gasteiger partial charge on any atom is 0.211 e. The van der Waals surface area contributed by atoms with Crippen molar-refractivity contribution in [2.75, 3.05) is 6.26 Å².